The van der Waals surface area contributed by atoms with Crippen molar-refractivity contribution in [1.29, 1.82) is 0 Å². The molecule has 0 saturated heterocycles. The van der Waals surface area contributed by atoms with Crippen LogP contribution in [-0.4, -0.2) is 30.8 Å². The fraction of sp³-hybridized carbons (Fsp3) is 0.500. The van der Waals surface area contributed by atoms with Gasteiger partial charge in [-0.3, -0.25) is 0 Å². The molecule has 0 fully saturated rings. The highest BCUT2D eigenvalue weighted by molar-refractivity contribution is 5.37. The van der Waals surface area contributed by atoms with Crippen LogP contribution in [0.5, 0.6) is 0 Å². The normalized spacial score (nSPS) is 15.2. The van der Waals surface area contributed by atoms with Gasteiger partial charge in [0.2, 0.25) is 0 Å². The maximum Gasteiger partial charge on any atom is 0.348 e. The van der Waals surface area contributed by atoms with E-state index in [0.717, 1.165) is 12.1 Å². The van der Waals surface area contributed by atoms with Gasteiger partial charge in [0.1, 0.15) is 6.33 Å². The second-order valence-electron chi connectivity index (χ2n) is 3.83. The zero-order valence-corrected chi connectivity index (χ0v) is 9.21. The van der Waals surface area contributed by atoms with Gasteiger partial charge in [0, 0.05) is 12.0 Å². The van der Waals surface area contributed by atoms with Crippen molar-refractivity contribution >= 4 is 5.65 Å². The Morgan fingerprint density at radius 3 is 3.00 bits per heavy atom. The SMILES string of the molecule is CCC(c1cc2n[nH]c(=O)n2cn1)C(C)O. The van der Waals surface area contributed by atoms with E-state index in [1.54, 1.807) is 13.0 Å². The Hall–Kier alpha value is -1.69. The molecule has 2 unspecified atom stereocenters. The Bertz CT molecular complexity index is 543. The predicted molar refractivity (Wildman–Crippen MR) is 58.3 cm³/mol. The quantitative estimate of drug-likeness (QED) is 0.782. The number of fused-ring (bicyclic) bond motifs is 1. The summed E-state index contributed by atoms with van der Waals surface area (Å²) >= 11 is 0. The van der Waals surface area contributed by atoms with Crippen LogP contribution in [0.2, 0.25) is 0 Å². The Morgan fingerprint density at radius 2 is 2.38 bits per heavy atom. The molecule has 0 bridgehead atoms. The van der Waals surface area contributed by atoms with E-state index in [2.05, 4.69) is 15.2 Å². The summed E-state index contributed by atoms with van der Waals surface area (Å²) in [5, 5.41) is 15.8. The summed E-state index contributed by atoms with van der Waals surface area (Å²) in [6, 6.07) is 1.72. The molecule has 0 aliphatic rings. The third-order valence-corrected chi connectivity index (χ3v) is 2.73. The molecule has 0 saturated carbocycles. The van der Waals surface area contributed by atoms with Crippen molar-refractivity contribution < 1.29 is 5.11 Å². The van der Waals surface area contributed by atoms with Crippen LogP contribution in [0.3, 0.4) is 0 Å². The lowest BCUT2D eigenvalue weighted by atomic mass is 9.96. The highest BCUT2D eigenvalue weighted by Crippen LogP contribution is 2.21. The van der Waals surface area contributed by atoms with Crippen LogP contribution in [-0.2, 0) is 0 Å². The van der Waals surface area contributed by atoms with E-state index in [4.69, 9.17) is 0 Å². The van der Waals surface area contributed by atoms with Gasteiger partial charge in [-0.15, -0.1) is 0 Å². The number of H-pyrrole nitrogens is 1. The van der Waals surface area contributed by atoms with Crippen molar-refractivity contribution in [3.63, 3.8) is 0 Å². The maximum atomic E-state index is 11.2. The van der Waals surface area contributed by atoms with E-state index in [1.165, 1.54) is 10.7 Å². The number of rotatable bonds is 3. The summed E-state index contributed by atoms with van der Waals surface area (Å²) in [6.45, 7) is 3.72. The molecule has 2 atom stereocenters. The maximum absolute atomic E-state index is 11.2. The number of nitrogens with one attached hydrogen (secondary N) is 1. The van der Waals surface area contributed by atoms with Crippen molar-refractivity contribution in [2.75, 3.05) is 0 Å². The number of aromatic nitrogens is 4. The molecule has 0 aromatic carbocycles. The van der Waals surface area contributed by atoms with E-state index >= 15 is 0 Å². The smallest absolute Gasteiger partial charge is 0.348 e. The molecule has 2 N–H and O–H groups in total. The second-order valence-corrected chi connectivity index (χ2v) is 3.83. The van der Waals surface area contributed by atoms with E-state index in [-0.39, 0.29) is 11.6 Å². The zero-order valence-electron chi connectivity index (χ0n) is 9.21. The topological polar surface area (TPSA) is 83.3 Å². The molecule has 0 aliphatic heterocycles. The fourth-order valence-corrected chi connectivity index (χ4v) is 1.82. The lowest BCUT2D eigenvalue weighted by molar-refractivity contribution is 0.158. The number of hydrogen-bond donors (Lipinski definition) is 2. The van der Waals surface area contributed by atoms with Crippen LogP contribution in [0.4, 0.5) is 0 Å². The summed E-state index contributed by atoms with van der Waals surface area (Å²) in [4.78, 5) is 15.4. The highest BCUT2D eigenvalue weighted by Gasteiger charge is 2.17. The van der Waals surface area contributed by atoms with Crippen molar-refractivity contribution in [2.45, 2.75) is 32.3 Å². The molecule has 2 aromatic heterocycles. The van der Waals surface area contributed by atoms with Gasteiger partial charge in [0.05, 0.1) is 11.8 Å². The first-order valence-corrected chi connectivity index (χ1v) is 5.24. The average molecular weight is 222 g/mol. The molecule has 86 valence electrons. The third kappa shape index (κ3) is 1.71. The molecule has 16 heavy (non-hydrogen) atoms. The van der Waals surface area contributed by atoms with Gasteiger partial charge in [0.15, 0.2) is 5.65 Å². The van der Waals surface area contributed by atoms with Crippen molar-refractivity contribution in [3.8, 4) is 0 Å². The Kier molecular flexibility index (Phi) is 2.74. The number of aromatic amines is 1. The first-order chi connectivity index (χ1) is 7.63. The largest absolute Gasteiger partial charge is 0.393 e. The van der Waals surface area contributed by atoms with Crippen LogP contribution < -0.4 is 5.69 Å². The molecule has 6 nitrogen and oxygen atoms in total. The van der Waals surface area contributed by atoms with Gasteiger partial charge in [0.25, 0.3) is 0 Å². The molecule has 2 heterocycles. The zero-order chi connectivity index (χ0) is 11.7. The number of aliphatic hydroxyl groups is 1. The van der Waals surface area contributed by atoms with Crippen LogP contribution in [0, 0.1) is 0 Å². The van der Waals surface area contributed by atoms with Crippen molar-refractivity contribution in [2.24, 2.45) is 0 Å². The van der Waals surface area contributed by atoms with Gasteiger partial charge in [-0.2, -0.15) is 5.10 Å². The Labute approximate surface area is 92.0 Å². The van der Waals surface area contributed by atoms with Gasteiger partial charge in [-0.1, -0.05) is 6.92 Å². The summed E-state index contributed by atoms with van der Waals surface area (Å²) in [7, 11) is 0. The van der Waals surface area contributed by atoms with Crippen molar-refractivity contribution in [1.82, 2.24) is 19.6 Å². The average Bonchev–Trinajstić information content (AvgIpc) is 2.61. The van der Waals surface area contributed by atoms with E-state index < -0.39 is 6.10 Å². The molecule has 2 rings (SSSR count). The third-order valence-electron chi connectivity index (χ3n) is 2.73. The van der Waals surface area contributed by atoms with E-state index in [9.17, 15) is 9.90 Å². The van der Waals surface area contributed by atoms with Gasteiger partial charge >= 0.3 is 5.69 Å². The van der Waals surface area contributed by atoms with E-state index in [0.29, 0.717) is 5.65 Å². The van der Waals surface area contributed by atoms with Gasteiger partial charge in [-0.25, -0.2) is 19.3 Å². The molecular formula is C10H14N4O2. The molecule has 0 aliphatic carbocycles. The van der Waals surface area contributed by atoms with Crippen molar-refractivity contribution in [3.05, 3.63) is 28.6 Å². The first-order valence-electron chi connectivity index (χ1n) is 5.24. The summed E-state index contributed by atoms with van der Waals surface area (Å²) < 4.78 is 1.33. The molecule has 0 radical (unpaired) electrons. The molecule has 0 amide bonds. The summed E-state index contributed by atoms with van der Waals surface area (Å²) in [6.07, 6.45) is 1.75. The van der Waals surface area contributed by atoms with Gasteiger partial charge < -0.3 is 5.11 Å². The molecule has 2 aromatic rings. The lowest BCUT2D eigenvalue weighted by Gasteiger charge is -2.16. The fourth-order valence-electron chi connectivity index (χ4n) is 1.82. The Morgan fingerprint density at radius 1 is 1.62 bits per heavy atom. The second kappa shape index (κ2) is 4.05. The molecule has 0 spiro atoms. The lowest BCUT2D eigenvalue weighted by Crippen LogP contribution is -2.16. The summed E-state index contributed by atoms with van der Waals surface area (Å²) in [5.74, 6) is -0.0307. The number of nitrogens with zero attached hydrogens (tertiary/aromatic N) is 3. The first kappa shape index (κ1) is 10.8. The monoisotopic (exact) mass is 222 g/mol. The van der Waals surface area contributed by atoms with Crippen LogP contribution in [0.25, 0.3) is 5.65 Å². The number of hydrogen-bond acceptors (Lipinski definition) is 4. The minimum absolute atomic E-state index is 0.0307. The van der Waals surface area contributed by atoms with Crippen LogP contribution in [0.15, 0.2) is 17.2 Å². The Balaban J connectivity index is 2.50. The standard InChI is InChI=1S/C10H14N4O2/c1-3-7(6(2)15)8-4-9-12-13-10(16)14(9)5-11-8/h4-7,15H,3H2,1-2H3,(H,13,16). The van der Waals surface area contributed by atoms with Crippen LogP contribution in [0.1, 0.15) is 31.9 Å². The van der Waals surface area contributed by atoms with Crippen LogP contribution >= 0.6 is 0 Å². The van der Waals surface area contributed by atoms with Gasteiger partial charge in [-0.05, 0) is 13.3 Å². The predicted octanol–water partition coefficient (Wildman–Crippen LogP) is 0.292. The van der Waals surface area contributed by atoms with E-state index in [1.807, 2.05) is 6.92 Å². The number of aliphatic hydroxyl groups excluding tert-OH is 1. The minimum atomic E-state index is -0.467. The summed E-state index contributed by atoms with van der Waals surface area (Å²) in [5.41, 5.74) is 0.970. The molecular weight excluding hydrogens is 208 g/mol. The minimum Gasteiger partial charge on any atom is -0.393 e. The highest BCUT2D eigenvalue weighted by atomic mass is 16.3. The molecule has 6 heteroatoms.